The third-order valence-corrected chi connectivity index (χ3v) is 8.79. The molecule has 0 atom stereocenters. The largest absolute Gasteiger partial charge is 0.497 e. The van der Waals surface area contributed by atoms with E-state index in [1.807, 2.05) is 24.3 Å². The molecule has 5 nitrogen and oxygen atoms in total. The van der Waals surface area contributed by atoms with Crippen LogP contribution in [0, 0.1) is 0 Å². The number of imidazole rings is 1. The lowest BCUT2D eigenvalue weighted by Gasteiger charge is -2.14. The lowest BCUT2D eigenvalue weighted by molar-refractivity contribution is -0.697. The standard InChI is InChI=1S/C41H50N3O2/c1-4-5-6-7-8-9-10-11-12-13-17-30-43-31-28-35(29-32-43)41-42-39(33-20-24-37(45-2)25-21-33)40(34-22-26-38(46-3)27-23-34)44(41)36-18-15-14-16-19-36/h14-16,18-29,31-32H,4-13,17,30H2,1-3H3/q+1. The van der Waals surface area contributed by atoms with E-state index in [2.05, 4.69) is 95.2 Å². The average Bonchev–Trinajstić information content (AvgIpc) is 3.52. The van der Waals surface area contributed by atoms with Crippen LogP contribution in [-0.4, -0.2) is 23.8 Å². The molecule has 46 heavy (non-hydrogen) atoms. The summed E-state index contributed by atoms with van der Waals surface area (Å²) in [6, 6.07) is 31.3. The van der Waals surface area contributed by atoms with Crippen LogP contribution in [0.15, 0.2) is 103 Å². The van der Waals surface area contributed by atoms with Crippen LogP contribution >= 0.6 is 0 Å². The fourth-order valence-electron chi connectivity index (χ4n) is 6.12. The monoisotopic (exact) mass is 616 g/mol. The molecule has 0 bridgehead atoms. The van der Waals surface area contributed by atoms with E-state index in [4.69, 9.17) is 14.5 Å². The van der Waals surface area contributed by atoms with Gasteiger partial charge in [0, 0.05) is 40.9 Å². The topological polar surface area (TPSA) is 40.2 Å². The van der Waals surface area contributed by atoms with Gasteiger partial charge < -0.3 is 9.47 Å². The number of pyridine rings is 1. The van der Waals surface area contributed by atoms with Crippen molar-refractivity contribution in [3.8, 4) is 51.1 Å². The van der Waals surface area contributed by atoms with E-state index >= 15 is 0 Å². The maximum Gasteiger partial charge on any atom is 0.169 e. The molecule has 5 rings (SSSR count). The maximum absolute atomic E-state index is 5.48. The number of aromatic nitrogens is 3. The van der Waals surface area contributed by atoms with Gasteiger partial charge in [0.15, 0.2) is 12.4 Å². The Balaban J connectivity index is 1.37. The molecule has 2 aromatic heterocycles. The van der Waals surface area contributed by atoms with Crippen LogP contribution in [0.25, 0.3) is 39.6 Å². The minimum absolute atomic E-state index is 0.822. The van der Waals surface area contributed by atoms with E-state index in [1.54, 1.807) is 14.2 Å². The third kappa shape index (κ3) is 8.66. The first-order chi connectivity index (χ1) is 22.7. The summed E-state index contributed by atoms with van der Waals surface area (Å²) in [5.74, 6) is 2.55. The number of unbranched alkanes of at least 4 members (excludes halogenated alkanes) is 10. The van der Waals surface area contributed by atoms with Gasteiger partial charge in [0.25, 0.3) is 0 Å². The fraction of sp³-hybridized carbons (Fsp3) is 0.366. The summed E-state index contributed by atoms with van der Waals surface area (Å²) in [6.07, 6.45) is 19.4. The van der Waals surface area contributed by atoms with Crippen molar-refractivity contribution in [2.45, 2.75) is 84.1 Å². The number of ether oxygens (including phenoxy) is 2. The van der Waals surface area contributed by atoms with Crippen LogP contribution < -0.4 is 14.0 Å². The SMILES string of the molecule is CCCCCCCCCCCCC[n+]1ccc(-c2nc(-c3ccc(OC)cc3)c(-c3ccc(OC)cc3)n2-c2ccccc2)cc1. The van der Waals surface area contributed by atoms with Gasteiger partial charge in [-0.3, -0.25) is 4.57 Å². The molecule has 240 valence electrons. The van der Waals surface area contributed by atoms with Gasteiger partial charge in [-0.1, -0.05) is 82.9 Å². The Labute approximate surface area is 275 Å². The molecule has 0 aliphatic rings. The van der Waals surface area contributed by atoms with Gasteiger partial charge in [-0.25, -0.2) is 9.55 Å². The molecular weight excluding hydrogens is 566 g/mol. The molecule has 0 aliphatic carbocycles. The summed E-state index contributed by atoms with van der Waals surface area (Å²) in [5.41, 5.74) is 6.19. The number of para-hydroxylation sites is 1. The maximum atomic E-state index is 5.48. The first-order valence-electron chi connectivity index (χ1n) is 17.2. The number of methoxy groups -OCH3 is 2. The first-order valence-corrected chi connectivity index (χ1v) is 17.2. The van der Waals surface area contributed by atoms with Crippen LogP contribution in [-0.2, 0) is 6.54 Å². The second-order valence-electron chi connectivity index (χ2n) is 12.1. The smallest absolute Gasteiger partial charge is 0.169 e. The molecule has 0 aliphatic heterocycles. The summed E-state index contributed by atoms with van der Waals surface area (Å²) in [5, 5.41) is 0. The van der Waals surface area contributed by atoms with Crippen molar-refractivity contribution < 1.29 is 14.0 Å². The highest BCUT2D eigenvalue weighted by Gasteiger charge is 2.23. The zero-order valence-electron chi connectivity index (χ0n) is 28.0. The predicted molar refractivity (Wildman–Crippen MR) is 190 cm³/mol. The molecule has 0 N–H and O–H groups in total. The lowest BCUT2D eigenvalue weighted by Crippen LogP contribution is -2.32. The highest BCUT2D eigenvalue weighted by molar-refractivity contribution is 5.84. The first kappa shape index (κ1) is 33.0. The Kier molecular flexibility index (Phi) is 12.4. The number of nitrogens with zero attached hydrogens (tertiary/aromatic N) is 3. The number of benzene rings is 3. The van der Waals surface area contributed by atoms with Crippen molar-refractivity contribution in [3.63, 3.8) is 0 Å². The highest BCUT2D eigenvalue weighted by Crippen LogP contribution is 2.39. The molecule has 2 heterocycles. The Hall–Kier alpha value is -4.38. The van der Waals surface area contributed by atoms with E-state index in [1.165, 1.54) is 70.6 Å². The molecule has 0 radical (unpaired) electrons. The van der Waals surface area contributed by atoms with Crippen molar-refractivity contribution in [2.24, 2.45) is 0 Å². The molecule has 3 aromatic carbocycles. The van der Waals surface area contributed by atoms with E-state index < -0.39 is 0 Å². The second-order valence-corrected chi connectivity index (χ2v) is 12.1. The lowest BCUT2D eigenvalue weighted by atomic mass is 10.0. The van der Waals surface area contributed by atoms with E-state index in [-0.39, 0.29) is 0 Å². The summed E-state index contributed by atoms with van der Waals surface area (Å²) < 4.78 is 15.5. The van der Waals surface area contributed by atoms with Crippen LogP contribution in [0.1, 0.15) is 77.6 Å². The zero-order chi connectivity index (χ0) is 32.0. The third-order valence-electron chi connectivity index (χ3n) is 8.79. The number of aryl methyl sites for hydroxylation is 1. The van der Waals surface area contributed by atoms with Crippen molar-refractivity contribution in [1.82, 2.24) is 9.55 Å². The average molecular weight is 617 g/mol. The van der Waals surface area contributed by atoms with Crippen LogP contribution in [0.4, 0.5) is 0 Å². The van der Waals surface area contributed by atoms with Gasteiger partial charge >= 0.3 is 0 Å². The normalized spacial score (nSPS) is 11.1. The molecule has 0 fully saturated rings. The van der Waals surface area contributed by atoms with Crippen molar-refractivity contribution >= 4 is 0 Å². The second kappa shape index (κ2) is 17.4. The fourth-order valence-corrected chi connectivity index (χ4v) is 6.12. The van der Waals surface area contributed by atoms with Gasteiger partial charge in [0.05, 0.1) is 25.6 Å². The summed E-state index contributed by atoms with van der Waals surface area (Å²) >= 11 is 0. The molecule has 0 saturated heterocycles. The van der Waals surface area contributed by atoms with Crippen molar-refractivity contribution in [3.05, 3.63) is 103 Å². The number of hydrogen-bond acceptors (Lipinski definition) is 3. The van der Waals surface area contributed by atoms with Crippen molar-refractivity contribution in [2.75, 3.05) is 14.2 Å². The van der Waals surface area contributed by atoms with Gasteiger partial charge in [-0.15, -0.1) is 0 Å². The highest BCUT2D eigenvalue weighted by atomic mass is 16.5. The van der Waals surface area contributed by atoms with Gasteiger partial charge in [-0.05, 0) is 67.1 Å². The summed E-state index contributed by atoms with van der Waals surface area (Å²) in [6.45, 7) is 3.33. The van der Waals surface area contributed by atoms with Crippen molar-refractivity contribution in [1.29, 1.82) is 0 Å². The van der Waals surface area contributed by atoms with E-state index in [0.717, 1.165) is 57.6 Å². The molecule has 5 heteroatoms. The molecule has 0 unspecified atom stereocenters. The Morgan fingerprint density at radius 1 is 0.565 bits per heavy atom. The Morgan fingerprint density at radius 2 is 1.09 bits per heavy atom. The molecule has 0 saturated carbocycles. The van der Waals surface area contributed by atoms with Gasteiger partial charge in [0.1, 0.15) is 23.9 Å². The van der Waals surface area contributed by atoms with Gasteiger partial charge in [0.2, 0.25) is 0 Å². The van der Waals surface area contributed by atoms with Crippen LogP contribution in [0.3, 0.4) is 0 Å². The van der Waals surface area contributed by atoms with Crippen LogP contribution in [0.2, 0.25) is 0 Å². The van der Waals surface area contributed by atoms with E-state index in [0.29, 0.717) is 0 Å². The summed E-state index contributed by atoms with van der Waals surface area (Å²) in [4.78, 5) is 5.34. The predicted octanol–water partition coefficient (Wildman–Crippen LogP) is 10.5. The van der Waals surface area contributed by atoms with E-state index in [9.17, 15) is 0 Å². The molecule has 0 amide bonds. The Morgan fingerprint density at radius 3 is 1.63 bits per heavy atom. The summed E-state index contributed by atoms with van der Waals surface area (Å²) in [7, 11) is 3.39. The zero-order valence-corrected chi connectivity index (χ0v) is 28.0. The quantitative estimate of drug-likeness (QED) is 0.0726. The minimum atomic E-state index is 0.822. The number of rotatable bonds is 18. The molecular formula is C41H50N3O2+. The number of hydrogen-bond donors (Lipinski definition) is 0. The molecule has 5 aromatic rings. The Bertz CT molecular complexity index is 1590. The minimum Gasteiger partial charge on any atom is -0.497 e. The van der Waals surface area contributed by atoms with Gasteiger partial charge in [-0.2, -0.15) is 0 Å². The van der Waals surface area contributed by atoms with Crippen LogP contribution in [0.5, 0.6) is 11.5 Å². The molecule has 0 spiro atoms.